The summed E-state index contributed by atoms with van der Waals surface area (Å²) in [6, 6.07) is 47.6. The van der Waals surface area contributed by atoms with E-state index in [1.165, 1.54) is 49.5 Å². The zero-order valence-electron chi connectivity index (χ0n) is 44.3. The monoisotopic (exact) mass is 1140 g/mol. The van der Waals surface area contributed by atoms with Gasteiger partial charge in [-0.1, -0.05) is 135 Å². The van der Waals surface area contributed by atoms with Crippen LogP contribution in [0.1, 0.15) is 115 Å². The van der Waals surface area contributed by atoms with E-state index >= 15 is 0 Å². The number of carboxylic acids is 1. The SMILES string of the molecule is CC(C)Cc1ccc(B(O)O)cc1.CCOC(=O)C[C@@H](c1ccc(OCc2ccc(C)c(I)c2)cc1)c1ccon1.Cc1ccc(COc2ccc([C@H](CC(=O)O)c3ccon3)cc2)cc1-c1ccc(CC(C)C)cc1. The Hall–Kier alpha value is -7.01. The molecule has 0 aliphatic rings. The molecule has 0 spiro atoms. The molecule has 3 N–H and O–H groups in total. The molecule has 6 aromatic carbocycles. The quantitative estimate of drug-likeness (QED) is 0.0353. The lowest BCUT2D eigenvalue weighted by atomic mass is 9.80. The summed E-state index contributed by atoms with van der Waals surface area (Å²) in [6.45, 7) is 16.1. The summed E-state index contributed by atoms with van der Waals surface area (Å²) in [4.78, 5) is 23.3. The second-order valence-electron chi connectivity index (χ2n) is 19.5. The van der Waals surface area contributed by atoms with Crippen molar-refractivity contribution < 1.29 is 48.0 Å². The van der Waals surface area contributed by atoms with Crippen LogP contribution in [-0.4, -0.2) is 51.1 Å². The van der Waals surface area contributed by atoms with Gasteiger partial charge in [-0.15, -0.1) is 0 Å². The number of aromatic nitrogens is 2. The number of carbonyl (C=O) groups excluding carboxylic acids is 1. The maximum Gasteiger partial charge on any atom is 0.488 e. The molecule has 8 rings (SSSR count). The number of aryl methyl sites for hydroxylation is 2. The van der Waals surface area contributed by atoms with Gasteiger partial charge in [0, 0.05) is 27.5 Å². The number of rotatable bonds is 21. The summed E-state index contributed by atoms with van der Waals surface area (Å²) < 4.78 is 28.1. The first-order chi connectivity index (χ1) is 36.5. The van der Waals surface area contributed by atoms with Crippen LogP contribution in [0.3, 0.4) is 0 Å². The fourth-order valence-corrected chi connectivity index (χ4v) is 9.04. The predicted octanol–water partition coefficient (Wildman–Crippen LogP) is 12.9. The third-order valence-electron chi connectivity index (χ3n) is 12.4. The highest BCUT2D eigenvalue weighted by atomic mass is 127. The highest BCUT2D eigenvalue weighted by molar-refractivity contribution is 14.1. The minimum Gasteiger partial charge on any atom is -0.489 e. The van der Waals surface area contributed by atoms with Crippen LogP contribution >= 0.6 is 22.6 Å². The van der Waals surface area contributed by atoms with Crippen LogP contribution in [0.5, 0.6) is 11.5 Å². The fourth-order valence-electron chi connectivity index (χ4n) is 8.46. The third kappa shape index (κ3) is 18.4. The molecule has 0 radical (unpaired) electrons. The van der Waals surface area contributed by atoms with Gasteiger partial charge in [0.05, 0.1) is 30.8 Å². The zero-order valence-corrected chi connectivity index (χ0v) is 46.5. The molecule has 12 nitrogen and oxygen atoms in total. The highest BCUT2D eigenvalue weighted by Crippen LogP contribution is 2.31. The number of esters is 1. The molecule has 0 amide bonds. The lowest BCUT2D eigenvalue weighted by Gasteiger charge is -2.15. The van der Waals surface area contributed by atoms with Gasteiger partial charge in [0.25, 0.3) is 0 Å². The molecule has 0 unspecified atom stereocenters. The molecule has 0 bridgehead atoms. The van der Waals surface area contributed by atoms with E-state index in [4.69, 9.17) is 33.3 Å². The lowest BCUT2D eigenvalue weighted by Crippen LogP contribution is -2.29. The van der Waals surface area contributed by atoms with Gasteiger partial charge in [0.2, 0.25) is 0 Å². The molecule has 14 heteroatoms. The Morgan fingerprint density at radius 1 is 0.592 bits per heavy atom. The molecule has 8 aromatic rings. The number of carboxylic acid groups (broad SMARTS) is 1. The van der Waals surface area contributed by atoms with Gasteiger partial charge in [-0.25, -0.2) is 0 Å². The molecule has 76 heavy (non-hydrogen) atoms. The Morgan fingerprint density at radius 2 is 1.05 bits per heavy atom. The summed E-state index contributed by atoms with van der Waals surface area (Å²) in [6.07, 6.45) is 5.23. The van der Waals surface area contributed by atoms with Crippen LogP contribution in [0.15, 0.2) is 167 Å². The van der Waals surface area contributed by atoms with Crippen molar-refractivity contribution in [3.05, 3.63) is 218 Å². The molecule has 0 saturated carbocycles. The molecular weight excluding hydrogens is 1070 g/mol. The van der Waals surface area contributed by atoms with E-state index in [-0.39, 0.29) is 30.6 Å². The van der Waals surface area contributed by atoms with Crippen molar-refractivity contribution in [3.8, 4) is 22.6 Å². The summed E-state index contributed by atoms with van der Waals surface area (Å²) in [5, 5.41) is 34.9. The molecule has 396 valence electrons. The third-order valence-corrected chi connectivity index (χ3v) is 13.6. The van der Waals surface area contributed by atoms with Gasteiger partial charge >= 0.3 is 19.1 Å². The summed E-state index contributed by atoms with van der Waals surface area (Å²) in [7, 11) is -1.35. The minimum atomic E-state index is -1.35. The number of halogens is 1. The maximum atomic E-state index is 12.0. The Balaban J connectivity index is 0.000000203. The molecule has 2 aromatic heterocycles. The average Bonchev–Trinajstić information content (AvgIpc) is 4.15. The van der Waals surface area contributed by atoms with E-state index in [2.05, 4.69) is 135 Å². The van der Waals surface area contributed by atoms with Crippen LogP contribution in [0, 0.1) is 29.3 Å². The minimum absolute atomic E-state index is 0.0582. The van der Waals surface area contributed by atoms with Crippen molar-refractivity contribution in [1.82, 2.24) is 10.3 Å². The first-order valence-electron chi connectivity index (χ1n) is 25.6. The van der Waals surface area contributed by atoms with E-state index in [9.17, 15) is 14.7 Å². The van der Waals surface area contributed by atoms with E-state index < -0.39 is 13.1 Å². The standard InChI is InChI=1S/C30H31NO4.C22H22INO4.C10H15BO2/c1-20(2)16-22-6-8-24(9-7-22)27-17-23(5-4-21(27)3)19-34-26-12-10-25(11-13-26)28(18-30(32)33)29-14-15-35-31-29;1-3-26-22(25)13-19(21-10-11-28-24-21)17-6-8-18(9-7-17)27-14-16-5-4-15(2)20(23)12-16;1-8(2)7-9-3-5-10(6-4-9)11(12)13/h4-15,17,20,28H,16,18-19H2,1-3H3,(H,32,33);4-12,19H,3,13-14H2,1-2H3;3-6,8,12-13H,7H2,1-2H3/t28-;19-;/m00./s1. The largest absolute Gasteiger partial charge is 0.489 e. The topological polar surface area (TPSA) is 175 Å². The zero-order chi connectivity index (χ0) is 54.6. The second-order valence-corrected chi connectivity index (χ2v) is 20.7. The van der Waals surface area contributed by atoms with Gasteiger partial charge in [0.15, 0.2) is 0 Å². The Bertz CT molecular complexity index is 3000. The molecule has 0 aliphatic heterocycles. The van der Waals surface area contributed by atoms with Crippen molar-refractivity contribution in [1.29, 1.82) is 0 Å². The van der Waals surface area contributed by atoms with E-state index in [1.807, 2.05) is 60.7 Å². The number of benzene rings is 6. The van der Waals surface area contributed by atoms with Crippen molar-refractivity contribution in [2.45, 2.75) is 99.2 Å². The average molecular weight is 1140 g/mol. The Morgan fingerprint density at radius 3 is 1.49 bits per heavy atom. The molecule has 0 aliphatic carbocycles. The summed E-state index contributed by atoms with van der Waals surface area (Å²) in [5.74, 6) is 1.04. The molecule has 2 atom stereocenters. The first kappa shape index (κ1) is 58.3. The van der Waals surface area contributed by atoms with E-state index in [0.717, 1.165) is 46.6 Å². The summed E-state index contributed by atoms with van der Waals surface area (Å²) >= 11 is 2.33. The lowest BCUT2D eigenvalue weighted by molar-refractivity contribution is -0.143. The molecule has 2 heterocycles. The Kier molecular flexibility index (Phi) is 22.5. The van der Waals surface area contributed by atoms with Crippen molar-refractivity contribution in [3.63, 3.8) is 0 Å². The number of nitrogens with zero attached hydrogens (tertiary/aromatic N) is 2. The van der Waals surface area contributed by atoms with Gasteiger partial charge in [-0.05, 0) is 166 Å². The molecule has 0 fully saturated rings. The highest BCUT2D eigenvalue weighted by Gasteiger charge is 2.23. The van der Waals surface area contributed by atoms with Gasteiger partial charge in [-0.2, -0.15) is 0 Å². The van der Waals surface area contributed by atoms with Crippen LogP contribution in [0.25, 0.3) is 11.1 Å². The number of ether oxygens (including phenoxy) is 3. The molecule has 0 saturated heterocycles. The number of carbonyl (C=O) groups is 2. The van der Waals surface area contributed by atoms with E-state index in [0.29, 0.717) is 48.5 Å². The fraction of sp³-hybridized carbons (Fsp3) is 0.290. The second kappa shape index (κ2) is 29.3. The van der Waals surface area contributed by atoms with Crippen molar-refractivity contribution >= 4 is 47.1 Å². The van der Waals surface area contributed by atoms with Crippen molar-refractivity contribution in [2.24, 2.45) is 11.8 Å². The van der Waals surface area contributed by atoms with E-state index in [1.54, 1.807) is 31.2 Å². The van der Waals surface area contributed by atoms with Gasteiger partial charge < -0.3 is 38.4 Å². The van der Waals surface area contributed by atoms with Crippen LogP contribution in [0.4, 0.5) is 0 Å². The number of hydrogen-bond acceptors (Lipinski definition) is 11. The van der Waals surface area contributed by atoms with Crippen LogP contribution in [0.2, 0.25) is 0 Å². The number of aliphatic carboxylic acids is 1. The summed E-state index contributed by atoms with van der Waals surface area (Å²) in [5.41, 5.74) is 13.4. The molecular formula is C62H68BIN2O10. The Labute approximate surface area is 460 Å². The van der Waals surface area contributed by atoms with Crippen LogP contribution in [-0.2, 0) is 40.4 Å². The smallest absolute Gasteiger partial charge is 0.488 e. The van der Waals surface area contributed by atoms with Gasteiger partial charge in [-0.3, -0.25) is 9.59 Å². The maximum absolute atomic E-state index is 12.0. The van der Waals surface area contributed by atoms with Crippen LogP contribution < -0.4 is 14.9 Å². The number of hydrogen-bond donors (Lipinski definition) is 3. The normalized spacial score (nSPS) is 11.7. The first-order valence-corrected chi connectivity index (χ1v) is 26.6. The predicted molar refractivity (Wildman–Crippen MR) is 306 cm³/mol. The van der Waals surface area contributed by atoms with Crippen molar-refractivity contribution in [2.75, 3.05) is 6.61 Å². The van der Waals surface area contributed by atoms with Gasteiger partial charge in [0.1, 0.15) is 37.2 Å².